The number of nitrogens with one attached hydrogen (secondary N) is 2. The van der Waals surface area contributed by atoms with Crippen molar-refractivity contribution in [3.05, 3.63) is 34.2 Å². The number of hydrogen-bond donors (Lipinski definition) is 2. The molecular weight excluding hydrogens is 608 g/mol. The average molecular weight is 653 g/mol. The number of fused-ring (bicyclic) bond motifs is 1. The number of ether oxygens (including phenoxy) is 2. The molecule has 3 aromatic rings. The monoisotopic (exact) mass is 652 g/mol. The molecule has 2 N–H and O–H groups in total. The van der Waals surface area contributed by atoms with Crippen molar-refractivity contribution in [1.82, 2.24) is 29.4 Å². The van der Waals surface area contributed by atoms with E-state index >= 15 is 0 Å². The van der Waals surface area contributed by atoms with Crippen LogP contribution in [0, 0.1) is 5.92 Å². The predicted octanol–water partition coefficient (Wildman–Crippen LogP) is 3.82. The van der Waals surface area contributed by atoms with Gasteiger partial charge in [-0.3, -0.25) is 14.3 Å². The first-order valence-corrected chi connectivity index (χ1v) is 16.6. The Bertz CT molecular complexity index is 1580. The van der Waals surface area contributed by atoms with Crippen LogP contribution in [-0.4, -0.2) is 77.8 Å². The zero-order chi connectivity index (χ0) is 31.1. The summed E-state index contributed by atoms with van der Waals surface area (Å²) in [6, 6.07) is 4.82. The number of halogens is 1. The lowest BCUT2D eigenvalue weighted by atomic mass is 9.93. The molecule has 0 aliphatic carbocycles. The molecule has 0 amide bonds. The maximum Gasteiger partial charge on any atom is 0.305 e. The van der Waals surface area contributed by atoms with Crippen molar-refractivity contribution in [2.45, 2.75) is 76.7 Å². The number of benzene rings is 1. The quantitative estimate of drug-likeness (QED) is 0.248. The molecule has 0 bridgehead atoms. The number of aromatic amines is 1. The number of hydrogen-bond acceptors (Lipinski definition) is 9. The van der Waals surface area contributed by atoms with E-state index < -0.39 is 10.0 Å². The van der Waals surface area contributed by atoms with E-state index in [0.717, 1.165) is 12.8 Å². The van der Waals surface area contributed by atoms with Gasteiger partial charge in [0, 0.05) is 32.6 Å². The summed E-state index contributed by atoms with van der Waals surface area (Å²) in [5.74, 6) is 0.687. The molecule has 44 heavy (non-hydrogen) atoms. The summed E-state index contributed by atoms with van der Waals surface area (Å²) in [6.07, 6.45) is 4.70. The number of piperidine rings is 1. The van der Waals surface area contributed by atoms with Crippen LogP contribution in [0.1, 0.15) is 65.0 Å². The van der Waals surface area contributed by atoms with Crippen molar-refractivity contribution >= 4 is 39.4 Å². The molecule has 1 unspecified atom stereocenters. The fourth-order valence-corrected chi connectivity index (χ4v) is 6.99. The van der Waals surface area contributed by atoms with E-state index in [-0.39, 0.29) is 46.6 Å². The highest BCUT2D eigenvalue weighted by Gasteiger charge is 2.31. The highest BCUT2D eigenvalue weighted by atomic mass is 35.5. The predicted molar refractivity (Wildman–Crippen MR) is 172 cm³/mol. The summed E-state index contributed by atoms with van der Waals surface area (Å²) in [7, 11) is -0.271. The number of rotatable bonds is 14. The number of aromatic nitrogens is 4. The number of sulfonamides is 1. The fourth-order valence-electron chi connectivity index (χ4n) is 5.50. The molecule has 1 saturated heterocycles. The second kappa shape index (κ2) is 15.8. The van der Waals surface area contributed by atoms with Crippen molar-refractivity contribution < 1.29 is 22.7 Å². The number of carbonyl (C=O) groups excluding carboxylic acids is 1. The van der Waals surface area contributed by atoms with Gasteiger partial charge in [-0.15, -0.1) is 12.4 Å². The van der Waals surface area contributed by atoms with Crippen molar-refractivity contribution in [2.24, 2.45) is 13.0 Å². The van der Waals surface area contributed by atoms with Crippen LogP contribution in [0.4, 0.5) is 0 Å². The van der Waals surface area contributed by atoms with E-state index in [9.17, 15) is 18.0 Å². The number of nitrogens with zero attached hydrogens (tertiary/aromatic N) is 4. The third-order valence-corrected chi connectivity index (χ3v) is 9.96. The van der Waals surface area contributed by atoms with Crippen LogP contribution in [0.5, 0.6) is 5.75 Å². The summed E-state index contributed by atoms with van der Waals surface area (Å²) >= 11 is 0. The van der Waals surface area contributed by atoms with Gasteiger partial charge in [0.1, 0.15) is 23.7 Å². The van der Waals surface area contributed by atoms with Gasteiger partial charge in [0.2, 0.25) is 10.0 Å². The van der Waals surface area contributed by atoms with Gasteiger partial charge in [-0.05, 0) is 70.2 Å². The van der Waals surface area contributed by atoms with Crippen molar-refractivity contribution in [3.63, 3.8) is 0 Å². The molecule has 14 heteroatoms. The summed E-state index contributed by atoms with van der Waals surface area (Å²) in [6.45, 7) is 7.33. The van der Waals surface area contributed by atoms with Gasteiger partial charge in [-0.1, -0.05) is 20.3 Å². The molecule has 1 aliphatic heterocycles. The maximum absolute atomic E-state index is 13.7. The molecule has 1 aromatic carbocycles. The standard InChI is InChI=1S/C30H44N6O6S.ClH/c1-6-9-24-27-28(35(5)34-24)30(38)33-29(32-27)23-18-22(11-12-25(23)41-8-3)43(39,40)36-16-14-20(15-17-36)10-13-26(37)42-19-21(7-2)31-4;/h11-12,18,20-21,31H,6-10,13-17,19H2,1-5H3,(H,32,33,38);1H. The lowest BCUT2D eigenvalue weighted by molar-refractivity contribution is -0.144. The Morgan fingerprint density at radius 1 is 1.20 bits per heavy atom. The van der Waals surface area contributed by atoms with Crippen LogP contribution >= 0.6 is 12.4 Å². The summed E-state index contributed by atoms with van der Waals surface area (Å²) in [5, 5.41) is 7.59. The molecule has 12 nitrogen and oxygen atoms in total. The van der Waals surface area contributed by atoms with Gasteiger partial charge in [0.05, 0.1) is 22.8 Å². The molecule has 1 aliphatic rings. The van der Waals surface area contributed by atoms with Crippen molar-refractivity contribution in [3.8, 4) is 17.1 Å². The Morgan fingerprint density at radius 2 is 1.93 bits per heavy atom. The maximum atomic E-state index is 13.7. The average Bonchev–Trinajstić information content (AvgIpc) is 3.32. The van der Waals surface area contributed by atoms with E-state index in [1.807, 2.05) is 27.8 Å². The van der Waals surface area contributed by atoms with Crippen molar-refractivity contribution in [2.75, 3.05) is 33.4 Å². The van der Waals surface area contributed by atoms with Gasteiger partial charge >= 0.3 is 5.97 Å². The number of aryl methyl sites for hydroxylation is 2. The van der Waals surface area contributed by atoms with Crippen LogP contribution in [0.2, 0.25) is 0 Å². The number of likely N-dealkylation sites (N-methyl/N-ethyl adjacent to an activating group) is 1. The van der Waals surface area contributed by atoms with Gasteiger partial charge in [0.15, 0.2) is 5.52 Å². The molecule has 0 radical (unpaired) electrons. The number of esters is 1. The van der Waals surface area contributed by atoms with E-state index in [4.69, 9.17) is 14.5 Å². The summed E-state index contributed by atoms with van der Waals surface area (Å²) in [5.41, 5.74) is 1.62. The molecule has 3 heterocycles. The molecule has 1 fully saturated rings. The molecule has 0 saturated carbocycles. The van der Waals surface area contributed by atoms with Gasteiger partial charge in [-0.2, -0.15) is 9.40 Å². The molecule has 2 aromatic heterocycles. The van der Waals surface area contributed by atoms with Crippen molar-refractivity contribution in [1.29, 1.82) is 0 Å². The minimum absolute atomic E-state index is 0. The summed E-state index contributed by atoms with van der Waals surface area (Å²) < 4.78 is 41.7. The minimum atomic E-state index is -3.83. The first kappa shape index (κ1) is 35.5. The van der Waals surface area contributed by atoms with Crippen LogP contribution in [0.25, 0.3) is 22.4 Å². The second-order valence-corrected chi connectivity index (χ2v) is 12.9. The second-order valence-electron chi connectivity index (χ2n) is 11.0. The normalized spacial score (nSPS) is 15.2. The molecule has 4 rings (SSSR count). The van der Waals surface area contributed by atoms with Gasteiger partial charge in [-0.25, -0.2) is 13.4 Å². The zero-order valence-electron chi connectivity index (χ0n) is 26.2. The van der Waals surface area contributed by atoms with E-state index in [0.29, 0.717) is 86.4 Å². The lowest BCUT2D eigenvalue weighted by Gasteiger charge is -2.31. The van der Waals surface area contributed by atoms with Crippen LogP contribution < -0.4 is 15.6 Å². The first-order valence-electron chi connectivity index (χ1n) is 15.2. The third-order valence-electron chi connectivity index (χ3n) is 8.07. The molecule has 1 atom stereocenters. The first-order chi connectivity index (χ1) is 20.6. The van der Waals surface area contributed by atoms with E-state index in [1.54, 1.807) is 13.1 Å². The number of H-pyrrole nitrogens is 1. The van der Waals surface area contributed by atoms with Crippen LogP contribution in [0.15, 0.2) is 27.9 Å². The highest BCUT2D eigenvalue weighted by molar-refractivity contribution is 7.89. The summed E-state index contributed by atoms with van der Waals surface area (Å²) in [4.78, 5) is 32.9. The molecule has 0 spiro atoms. The van der Waals surface area contributed by atoms with Gasteiger partial charge in [0.25, 0.3) is 5.56 Å². The smallest absolute Gasteiger partial charge is 0.305 e. The molecular formula is C30H45ClN6O6S. The SMILES string of the molecule is CCCc1nn(C)c2c(=O)[nH]c(-c3cc(S(=O)(=O)N4CCC(CCC(=O)OCC(CC)NC)CC4)ccc3OCC)nc12.Cl. The topological polar surface area (TPSA) is 149 Å². The third kappa shape index (κ3) is 7.98. The molecule has 244 valence electrons. The van der Waals surface area contributed by atoms with Crippen LogP contribution in [0.3, 0.4) is 0 Å². The Kier molecular flexibility index (Phi) is 12.8. The fraction of sp³-hybridized carbons (Fsp3) is 0.600. The van der Waals surface area contributed by atoms with E-state index in [2.05, 4.69) is 15.4 Å². The Balaban J connectivity index is 0.00000529. The lowest BCUT2D eigenvalue weighted by Crippen LogP contribution is -2.38. The number of carbonyl (C=O) groups is 1. The Hall–Kier alpha value is -3.00. The Morgan fingerprint density at radius 3 is 2.57 bits per heavy atom. The van der Waals surface area contributed by atoms with Gasteiger partial charge < -0.3 is 19.8 Å². The van der Waals surface area contributed by atoms with E-state index in [1.165, 1.54) is 21.1 Å². The highest BCUT2D eigenvalue weighted by Crippen LogP contribution is 2.33. The zero-order valence-corrected chi connectivity index (χ0v) is 27.9. The van der Waals surface area contributed by atoms with Crippen LogP contribution in [-0.2, 0) is 33.0 Å². The largest absolute Gasteiger partial charge is 0.493 e. The minimum Gasteiger partial charge on any atom is -0.493 e. The Labute approximate surface area is 265 Å².